The molecule has 7 unspecified atom stereocenters. The predicted octanol–water partition coefficient (Wildman–Crippen LogP) is 16.2. The molecule has 1 aliphatic heterocycles. The SMILES string of the molecule is CCCCCCCCCCC/C=C/CC/C=C/C(O)C(COC1OC(CO)C(O)C(O)C1O)NC(=O)CCCCCCCCCC/C=C\CCCCCCCCCCCCCCOC(=O)CCCCCCCCCCCCC. The van der Waals surface area contributed by atoms with Gasteiger partial charge in [-0.1, -0.05) is 269 Å². The maximum absolute atomic E-state index is 13.1. The molecule has 1 rings (SSSR count). The summed E-state index contributed by atoms with van der Waals surface area (Å²) in [7, 11) is 0. The van der Waals surface area contributed by atoms with Crippen molar-refractivity contribution < 1.29 is 49.3 Å². The van der Waals surface area contributed by atoms with E-state index in [1.54, 1.807) is 6.08 Å². The number of hydrogen-bond donors (Lipinski definition) is 6. The van der Waals surface area contributed by atoms with Crippen molar-refractivity contribution in [1.29, 1.82) is 0 Å². The highest BCUT2D eigenvalue weighted by molar-refractivity contribution is 5.76. The van der Waals surface area contributed by atoms with Crippen LogP contribution in [0.3, 0.4) is 0 Å². The second kappa shape index (κ2) is 56.7. The van der Waals surface area contributed by atoms with E-state index < -0.39 is 49.5 Å². The van der Waals surface area contributed by atoms with Crippen LogP contribution in [-0.4, -0.2) is 100 Å². The van der Waals surface area contributed by atoms with Gasteiger partial charge in [0.2, 0.25) is 5.91 Å². The Labute approximate surface area is 479 Å². The third kappa shape index (κ3) is 45.5. The number of aliphatic hydroxyl groups excluding tert-OH is 5. The summed E-state index contributed by atoms with van der Waals surface area (Å²) in [6.45, 7) is 4.34. The fourth-order valence-corrected chi connectivity index (χ4v) is 10.4. The van der Waals surface area contributed by atoms with Crippen molar-refractivity contribution in [3.8, 4) is 0 Å². The van der Waals surface area contributed by atoms with Gasteiger partial charge in [-0.2, -0.15) is 0 Å². The number of esters is 1. The molecular formula is C67H125NO10. The van der Waals surface area contributed by atoms with Crippen LogP contribution in [-0.2, 0) is 23.8 Å². The number of hydrogen-bond acceptors (Lipinski definition) is 10. The van der Waals surface area contributed by atoms with E-state index >= 15 is 0 Å². The Hall–Kier alpha value is -2.12. The molecule has 0 aliphatic carbocycles. The lowest BCUT2D eigenvalue weighted by Gasteiger charge is -2.40. The second-order valence-electron chi connectivity index (χ2n) is 23.2. The van der Waals surface area contributed by atoms with Crippen molar-refractivity contribution in [3.63, 3.8) is 0 Å². The van der Waals surface area contributed by atoms with Gasteiger partial charge in [0.1, 0.15) is 24.4 Å². The van der Waals surface area contributed by atoms with E-state index in [2.05, 4.69) is 43.5 Å². The van der Waals surface area contributed by atoms with E-state index in [1.807, 2.05) is 6.08 Å². The number of aliphatic hydroxyl groups is 5. The molecular weight excluding hydrogens is 979 g/mol. The highest BCUT2D eigenvalue weighted by Crippen LogP contribution is 2.23. The van der Waals surface area contributed by atoms with Crippen LogP contribution in [0.4, 0.5) is 0 Å². The normalized spacial score (nSPS) is 18.7. The van der Waals surface area contributed by atoms with Crippen molar-refractivity contribution in [3.05, 3.63) is 36.5 Å². The van der Waals surface area contributed by atoms with Gasteiger partial charge >= 0.3 is 5.97 Å². The summed E-state index contributed by atoms with van der Waals surface area (Å²) in [5.41, 5.74) is 0. The minimum Gasteiger partial charge on any atom is -0.466 e. The van der Waals surface area contributed by atoms with Gasteiger partial charge in [0, 0.05) is 12.8 Å². The highest BCUT2D eigenvalue weighted by atomic mass is 16.7. The molecule has 11 heteroatoms. The number of unbranched alkanes of at least 4 members (excludes halogenated alkanes) is 40. The average molecular weight is 1100 g/mol. The Morgan fingerprint density at radius 3 is 1.27 bits per heavy atom. The predicted molar refractivity (Wildman–Crippen MR) is 324 cm³/mol. The lowest BCUT2D eigenvalue weighted by atomic mass is 9.99. The standard InChI is InChI=1S/C67H125NO10/c1-3-5-7-9-11-13-15-16-27-30-34-37-41-45-49-53-60(70)59(58-77-67-66(75)65(74)64(73)61(57-69)78-67)68-62(71)54-50-46-42-38-35-31-28-25-23-21-19-17-18-20-22-24-26-29-32-36-40-44-48-52-56-76-63(72)55-51-47-43-39-33-14-12-10-8-6-4-2/h19,21,34,37,49,53,59-61,64-67,69-70,73-75H,3-18,20,22-33,35-36,38-48,50-52,54-58H2,1-2H3,(H,68,71)/b21-19-,37-34+,53-49+. The third-order valence-electron chi connectivity index (χ3n) is 15.7. The number of allylic oxidation sites excluding steroid dienone is 5. The molecule has 0 spiro atoms. The highest BCUT2D eigenvalue weighted by Gasteiger charge is 2.44. The zero-order chi connectivity index (χ0) is 56.6. The molecule has 11 nitrogen and oxygen atoms in total. The monoisotopic (exact) mass is 1100 g/mol. The summed E-state index contributed by atoms with van der Waals surface area (Å²) >= 11 is 0. The molecule has 78 heavy (non-hydrogen) atoms. The smallest absolute Gasteiger partial charge is 0.305 e. The fourth-order valence-electron chi connectivity index (χ4n) is 10.4. The zero-order valence-electron chi connectivity index (χ0n) is 50.6. The van der Waals surface area contributed by atoms with E-state index in [9.17, 15) is 35.1 Å². The average Bonchev–Trinajstić information content (AvgIpc) is 3.45. The molecule has 1 saturated heterocycles. The molecule has 6 N–H and O–H groups in total. The van der Waals surface area contributed by atoms with Gasteiger partial charge in [-0.25, -0.2) is 0 Å². The first-order chi connectivity index (χ1) is 38.2. The van der Waals surface area contributed by atoms with Crippen molar-refractivity contribution in [2.24, 2.45) is 0 Å². The number of carbonyl (C=O) groups excluding carboxylic acids is 2. The van der Waals surface area contributed by atoms with Crippen molar-refractivity contribution >= 4 is 11.9 Å². The van der Waals surface area contributed by atoms with Gasteiger partial charge in [0.25, 0.3) is 0 Å². The van der Waals surface area contributed by atoms with E-state index in [4.69, 9.17) is 14.2 Å². The van der Waals surface area contributed by atoms with Crippen LogP contribution < -0.4 is 5.32 Å². The Balaban J connectivity index is 2.06. The Bertz CT molecular complexity index is 1390. The molecule has 0 saturated carbocycles. The van der Waals surface area contributed by atoms with Gasteiger partial charge in [-0.3, -0.25) is 9.59 Å². The fraction of sp³-hybridized carbons (Fsp3) is 0.881. The van der Waals surface area contributed by atoms with Crippen LogP contribution in [0.1, 0.15) is 316 Å². The second-order valence-corrected chi connectivity index (χ2v) is 23.2. The number of ether oxygens (including phenoxy) is 3. The van der Waals surface area contributed by atoms with E-state index in [1.165, 1.54) is 218 Å². The van der Waals surface area contributed by atoms with Crippen LogP contribution in [0.2, 0.25) is 0 Å². The third-order valence-corrected chi connectivity index (χ3v) is 15.7. The molecule has 1 heterocycles. The largest absolute Gasteiger partial charge is 0.466 e. The summed E-state index contributed by atoms with van der Waals surface area (Å²) in [6, 6.07) is -0.831. The lowest BCUT2D eigenvalue weighted by molar-refractivity contribution is -0.302. The van der Waals surface area contributed by atoms with Crippen LogP contribution in [0.25, 0.3) is 0 Å². The molecule has 0 aromatic carbocycles. The number of carbonyl (C=O) groups is 2. The summed E-state index contributed by atoms with van der Waals surface area (Å²) in [4.78, 5) is 25.1. The summed E-state index contributed by atoms with van der Waals surface area (Å²) in [6.07, 6.45) is 61.1. The maximum atomic E-state index is 13.1. The summed E-state index contributed by atoms with van der Waals surface area (Å²) in [5, 5.41) is 54.5. The molecule has 1 amide bonds. The van der Waals surface area contributed by atoms with Crippen LogP contribution in [0.5, 0.6) is 0 Å². The van der Waals surface area contributed by atoms with Crippen LogP contribution in [0.15, 0.2) is 36.5 Å². The molecule has 0 radical (unpaired) electrons. The maximum Gasteiger partial charge on any atom is 0.305 e. The van der Waals surface area contributed by atoms with Gasteiger partial charge in [-0.15, -0.1) is 0 Å². The minimum absolute atomic E-state index is 0.000853. The molecule has 0 aromatic heterocycles. The molecule has 458 valence electrons. The summed E-state index contributed by atoms with van der Waals surface area (Å²) in [5.74, 6) is -0.194. The van der Waals surface area contributed by atoms with Gasteiger partial charge in [0.05, 0.1) is 32.0 Å². The van der Waals surface area contributed by atoms with Gasteiger partial charge in [0.15, 0.2) is 6.29 Å². The number of amides is 1. The molecule has 1 fully saturated rings. The topological polar surface area (TPSA) is 175 Å². The first-order valence-electron chi connectivity index (χ1n) is 33.3. The van der Waals surface area contributed by atoms with Crippen molar-refractivity contribution in [2.75, 3.05) is 19.8 Å². The van der Waals surface area contributed by atoms with Crippen LogP contribution in [0, 0.1) is 0 Å². The Morgan fingerprint density at radius 1 is 0.462 bits per heavy atom. The summed E-state index contributed by atoms with van der Waals surface area (Å²) < 4.78 is 16.7. The number of nitrogens with one attached hydrogen (secondary N) is 1. The Kier molecular flexibility index (Phi) is 53.7. The van der Waals surface area contributed by atoms with Crippen molar-refractivity contribution in [2.45, 2.75) is 358 Å². The van der Waals surface area contributed by atoms with Gasteiger partial charge < -0.3 is 45.1 Å². The lowest BCUT2D eigenvalue weighted by Crippen LogP contribution is -2.60. The zero-order valence-corrected chi connectivity index (χ0v) is 50.6. The first-order valence-corrected chi connectivity index (χ1v) is 33.3. The molecule has 0 aromatic rings. The number of rotatable bonds is 58. The van der Waals surface area contributed by atoms with Gasteiger partial charge in [-0.05, 0) is 70.6 Å². The van der Waals surface area contributed by atoms with E-state index in [0.717, 1.165) is 70.6 Å². The van der Waals surface area contributed by atoms with Crippen molar-refractivity contribution in [1.82, 2.24) is 5.32 Å². The van der Waals surface area contributed by atoms with E-state index in [0.29, 0.717) is 19.4 Å². The molecule has 0 bridgehead atoms. The quantitative estimate of drug-likeness (QED) is 0.0195. The first kappa shape index (κ1) is 73.9. The van der Waals surface area contributed by atoms with E-state index in [-0.39, 0.29) is 18.5 Å². The van der Waals surface area contributed by atoms with Crippen LogP contribution >= 0.6 is 0 Å². The molecule has 1 aliphatic rings. The molecule has 7 atom stereocenters. The minimum atomic E-state index is -1.58. The Morgan fingerprint density at radius 2 is 0.833 bits per heavy atom.